The van der Waals surface area contributed by atoms with E-state index in [9.17, 15) is 4.79 Å². The van der Waals surface area contributed by atoms with Crippen LogP contribution in [0.5, 0.6) is 0 Å². The number of nitrogens with zero attached hydrogens (tertiary/aromatic N) is 2. The molecule has 0 atom stereocenters. The number of hydrogen-bond acceptors (Lipinski definition) is 4. The molecular formula is C10H8N2OS. The lowest BCUT2D eigenvalue weighted by Crippen LogP contribution is -2.02. The van der Waals surface area contributed by atoms with E-state index < -0.39 is 0 Å². The maximum absolute atomic E-state index is 11.6. The van der Waals surface area contributed by atoms with E-state index in [2.05, 4.69) is 9.97 Å². The molecule has 0 spiro atoms. The molecule has 2 heterocycles. The predicted molar refractivity (Wildman–Crippen MR) is 54.4 cm³/mol. The van der Waals surface area contributed by atoms with Crippen molar-refractivity contribution in [3.63, 3.8) is 0 Å². The second-order valence-corrected chi connectivity index (χ2v) is 3.72. The Kier molecular flexibility index (Phi) is 2.65. The first-order valence-corrected chi connectivity index (χ1v) is 5.06. The zero-order valence-electron chi connectivity index (χ0n) is 7.38. The van der Waals surface area contributed by atoms with Gasteiger partial charge in [0.2, 0.25) is 0 Å². The summed E-state index contributed by atoms with van der Waals surface area (Å²) in [6.07, 6.45) is 5.13. The second-order valence-electron chi connectivity index (χ2n) is 2.77. The number of rotatable bonds is 3. The molecule has 2 rings (SSSR count). The Morgan fingerprint density at radius 2 is 2.36 bits per heavy atom. The van der Waals surface area contributed by atoms with Crippen LogP contribution < -0.4 is 0 Å². The van der Waals surface area contributed by atoms with Gasteiger partial charge in [-0.3, -0.25) is 14.8 Å². The van der Waals surface area contributed by atoms with E-state index in [1.165, 1.54) is 11.3 Å². The number of hydrogen-bond donors (Lipinski definition) is 0. The van der Waals surface area contributed by atoms with Gasteiger partial charge in [0.15, 0.2) is 5.78 Å². The predicted octanol–water partition coefficient (Wildman–Crippen LogP) is 1.96. The zero-order chi connectivity index (χ0) is 9.80. The molecule has 14 heavy (non-hydrogen) atoms. The molecule has 0 aromatic carbocycles. The lowest BCUT2D eigenvalue weighted by Gasteiger charge is -1.96. The quantitative estimate of drug-likeness (QED) is 0.718. The first-order valence-electron chi connectivity index (χ1n) is 4.18. The molecule has 0 radical (unpaired) electrons. The van der Waals surface area contributed by atoms with Gasteiger partial charge in [0.05, 0.1) is 17.0 Å². The van der Waals surface area contributed by atoms with Crippen LogP contribution in [0.25, 0.3) is 0 Å². The summed E-state index contributed by atoms with van der Waals surface area (Å²) in [7, 11) is 0. The van der Waals surface area contributed by atoms with Crippen molar-refractivity contribution in [3.05, 3.63) is 46.7 Å². The molecule has 0 N–H and O–H groups in total. The molecule has 70 valence electrons. The zero-order valence-corrected chi connectivity index (χ0v) is 8.20. The Bertz CT molecular complexity index is 411. The molecule has 4 heteroatoms. The molecule has 0 unspecified atom stereocenters. The van der Waals surface area contributed by atoms with Crippen molar-refractivity contribution in [2.45, 2.75) is 6.42 Å². The fourth-order valence-electron chi connectivity index (χ4n) is 1.11. The number of Topliss-reactive ketones (excluding diaryl/α,β-unsaturated/α-hetero) is 1. The van der Waals surface area contributed by atoms with E-state index in [0.29, 0.717) is 12.1 Å². The van der Waals surface area contributed by atoms with Gasteiger partial charge in [-0.15, -0.1) is 11.3 Å². The fraction of sp³-hybridized carbons (Fsp3) is 0.100. The van der Waals surface area contributed by atoms with Crippen LogP contribution in [0, 0.1) is 0 Å². The van der Waals surface area contributed by atoms with Gasteiger partial charge < -0.3 is 0 Å². The van der Waals surface area contributed by atoms with Crippen LogP contribution in [-0.2, 0) is 6.42 Å². The van der Waals surface area contributed by atoms with Crippen LogP contribution in [0.15, 0.2) is 36.1 Å². The van der Waals surface area contributed by atoms with Gasteiger partial charge in [-0.1, -0.05) is 6.07 Å². The van der Waals surface area contributed by atoms with E-state index in [0.717, 1.165) is 4.88 Å². The minimum atomic E-state index is 0.0977. The monoisotopic (exact) mass is 204 g/mol. The number of ketones is 1. The van der Waals surface area contributed by atoms with Gasteiger partial charge in [0.25, 0.3) is 0 Å². The molecule has 0 aliphatic carbocycles. The normalized spacial score (nSPS) is 10.0. The van der Waals surface area contributed by atoms with Crippen LogP contribution in [0.3, 0.4) is 0 Å². The molecular weight excluding hydrogens is 196 g/mol. The fourth-order valence-corrected chi connectivity index (χ4v) is 1.77. The Balaban J connectivity index is 2.10. The highest BCUT2D eigenvalue weighted by Gasteiger charge is 2.08. The molecule has 0 saturated carbocycles. The third kappa shape index (κ3) is 2.03. The summed E-state index contributed by atoms with van der Waals surface area (Å²) in [5.41, 5.74) is 0.714. The molecule has 0 saturated heterocycles. The first-order chi connectivity index (χ1) is 6.86. The average Bonchev–Trinajstić information content (AvgIpc) is 2.72. The van der Waals surface area contributed by atoms with Gasteiger partial charge in [-0.2, -0.15) is 0 Å². The van der Waals surface area contributed by atoms with E-state index in [-0.39, 0.29) is 5.78 Å². The van der Waals surface area contributed by atoms with Crippen molar-refractivity contribution in [3.8, 4) is 0 Å². The SMILES string of the molecule is O=C(Cc1cnccn1)c1cccs1. The van der Waals surface area contributed by atoms with Crippen molar-refractivity contribution in [2.24, 2.45) is 0 Å². The standard InChI is InChI=1S/C10H8N2OS/c13-9(10-2-1-5-14-10)6-8-7-11-3-4-12-8/h1-5,7H,6H2. The van der Waals surface area contributed by atoms with Crippen LogP contribution >= 0.6 is 11.3 Å². The van der Waals surface area contributed by atoms with Crippen molar-refractivity contribution in [2.75, 3.05) is 0 Å². The molecule has 0 aliphatic heterocycles. The lowest BCUT2D eigenvalue weighted by atomic mass is 10.2. The summed E-state index contributed by atoms with van der Waals surface area (Å²) in [4.78, 5) is 20.3. The Morgan fingerprint density at radius 1 is 1.43 bits per heavy atom. The van der Waals surface area contributed by atoms with Crippen LogP contribution in [0.4, 0.5) is 0 Å². The topological polar surface area (TPSA) is 42.9 Å². The molecule has 0 aliphatic rings. The maximum atomic E-state index is 11.6. The number of carbonyl (C=O) groups is 1. The second kappa shape index (κ2) is 4.11. The molecule has 2 aromatic heterocycles. The minimum Gasteiger partial charge on any atom is -0.293 e. The molecule has 0 amide bonds. The average molecular weight is 204 g/mol. The highest BCUT2D eigenvalue weighted by molar-refractivity contribution is 7.12. The Morgan fingerprint density at radius 3 is 3.00 bits per heavy atom. The van der Waals surface area contributed by atoms with Crippen molar-refractivity contribution >= 4 is 17.1 Å². The van der Waals surface area contributed by atoms with E-state index in [1.807, 2.05) is 17.5 Å². The van der Waals surface area contributed by atoms with Crippen LogP contribution in [-0.4, -0.2) is 15.8 Å². The Labute approximate surface area is 85.5 Å². The van der Waals surface area contributed by atoms with E-state index >= 15 is 0 Å². The van der Waals surface area contributed by atoms with Gasteiger partial charge in [0.1, 0.15) is 0 Å². The van der Waals surface area contributed by atoms with Gasteiger partial charge in [-0.05, 0) is 11.4 Å². The summed E-state index contributed by atoms with van der Waals surface area (Å²) in [5, 5.41) is 1.89. The van der Waals surface area contributed by atoms with Crippen molar-refractivity contribution in [1.29, 1.82) is 0 Å². The highest BCUT2D eigenvalue weighted by Crippen LogP contribution is 2.11. The summed E-state index contributed by atoms with van der Waals surface area (Å²) < 4.78 is 0. The molecule has 3 nitrogen and oxygen atoms in total. The van der Waals surface area contributed by atoms with Gasteiger partial charge in [0, 0.05) is 18.6 Å². The lowest BCUT2D eigenvalue weighted by molar-refractivity contribution is 0.0995. The van der Waals surface area contributed by atoms with Crippen LogP contribution in [0.1, 0.15) is 15.4 Å². The largest absolute Gasteiger partial charge is 0.293 e. The number of carbonyl (C=O) groups excluding carboxylic acids is 1. The third-order valence-electron chi connectivity index (χ3n) is 1.75. The smallest absolute Gasteiger partial charge is 0.178 e. The highest BCUT2D eigenvalue weighted by atomic mass is 32.1. The summed E-state index contributed by atoms with van der Waals surface area (Å²) >= 11 is 1.45. The van der Waals surface area contributed by atoms with Gasteiger partial charge in [-0.25, -0.2) is 0 Å². The maximum Gasteiger partial charge on any atom is 0.178 e. The minimum absolute atomic E-state index is 0.0977. The van der Waals surface area contributed by atoms with Crippen LogP contribution in [0.2, 0.25) is 0 Å². The number of thiophene rings is 1. The van der Waals surface area contributed by atoms with E-state index in [4.69, 9.17) is 0 Å². The molecule has 0 bridgehead atoms. The molecule has 0 fully saturated rings. The van der Waals surface area contributed by atoms with Crippen molar-refractivity contribution in [1.82, 2.24) is 9.97 Å². The van der Waals surface area contributed by atoms with E-state index in [1.54, 1.807) is 18.6 Å². The first kappa shape index (κ1) is 9.02. The van der Waals surface area contributed by atoms with Gasteiger partial charge >= 0.3 is 0 Å². The Hall–Kier alpha value is -1.55. The summed E-state index contributed by atoms with van der Waals surface area (Å²) in [6, 6.07) is 3.69. The van der Waals surface area contributed by atoms with Crippen molar-refractivity contribution < 1.29 is 4.79 Å². The third-order valence-corrected chi connectivity index (χ3v) is 2.67. The summed E-state index contributed by atoms with van der Waals surface area (Å²) in [6.45, 7) is 0. The number of aromatic nitrogens is 2. The summed E-state index contributed by atoms with van der Waals surface area (Å²) in [5.74, 6) is 0.0977. The molecule has 2 aromatic rings.